The first-order valence-corrected chi connectivity index (χ1v) is 13.0. The monoisotopic (exact) mass is 426 g/mol. The van der Waals surface area contributed by atoms with Gasteiger partial charge in [-0.1, -0.05) is 104 Å². The SMILES string of the molecule is CCCCCCCCCCOC(=O)CCCCCCCCC(=O)OCCCCCC. The summed E-state index contributed by atoms with van der Waals surface area (Å²) in [6, 6.07) is 0. The third-order valence-electron chi connectivity index (χ3n) is 5.53. The Kier molecular flexibility index (Phi) is 23.4. The van der Waals surface area contributed by atoms with Crippen molar-refractivity contribution in [2.24, 2.45) is 0 Å². The molecule has 4 nitrogen and oxygen atoms in total. The Morgan fingerprint density at radius 3 is 1.13 bits per heavy atom. The molecule has 4 heteroatoms. The van der Waals surface area contributed by atoms with Crippen molar-refractivity contribution in [2.75, 3.05) is 13.2 Å². The lowest BCUT2D eigenvalue weighted by Gasteiger charge is -2.06. The van der Waals surface area contributed by atoms with E-state index in [-0.39, 0.29) is 11.9 Å². The van der Waals surface area contributed by atoms with Crippen LogP contribution in [0.4, 0.5) is 0 Å². The molecule has 30 heavy (non-hydrogen) atoms. The van der Waals surface area contributed by atoms with E-state index < -0.39 is 0 Å². The maximum Gasteiger partial charge on any atom is 0.305 e. The number of carbonyl (C=O) groups is 2. The largest absolute Gasteiger partial charge is 0.466 e. The van der Waals surface area contributed by atoms with Gasteiger partial charge < -0.3 is 9.47 Å². The third-order valence-corrected chi connectivity index (χ3v) is 5.53. The fourth-order valence-corrected chi connectivity index (χ4v) is 3.53. The van der Waals surface area contributed by atoms with Crippen LogP contribution < -0.4 is 0 Å². The maximum absolute atomic E-state index is 11.7. The lowest BCUT2D eigenvalue weighted by atomic mass is 10.1. The zero-order chi connectivity index (χ0) is 22.1. The number of carbonyl (C=O) groups excluding carboxylic acids is 2. The van der Waals surface area contributed by atoms with Crippen molar-refractivity contribution in [3.8, 4) is 0 Å². The first-order chi connectivity index (χ1) is 14.7. The van der Waals surface area contributed by atoms with Gasteiger partial charge in [-0.2, -0.15) is 0 Å². The fraction of sp³-hybridized carbons (Fsp3) is 0.923. The van der Waals surface area contributed by atoms with Crippen LogP contribution in [0.3, 0.4) is 0 Å². The highest BCUT2D eigenvalue weighted by Crippen LogP contribution is 2.11. The van der Waals surface area contributed by atoms with Crippen LogP contribution in [0.1, 0.15) is 142 Å². The third kappa shape index (κ3) is 23.2. The fourth-order valence-electron chi connectivity index (χ4n) is 3.53. The van der Waals surface area contributed by atoms with Crippen molar-refractivity contribution < 1.29 is 19.1 Å². The Morgan fingerprint density at radius 1 is 0.433 bits per heavy atom. The zero-order valence-electron chi connectivity index (χ0n) is 20.2. The van der Waals surface area contributed by atoms with E-state index in [0.29, 0.717) is 26.1 Å². The van der Waals surface area contributed by atoms with Gasteiger partial charge >= 0.3 is 11.9 Å². The molecule has 0 aliphatic rings. The van der Waals surface area contributed by atoms with Crippen molar-refractivity contribution >= 4 is 11.9 Å². The van der Waals surface area contributed by atoms with Gasteiger partial charge in [-0.25, -0.2) is 0 Å². The van der Waals surface area contributed by atoms with Crippen LogP contribution in [0.2, 0.25) is 0 Å². The van der Waals surface area contributed by atoms with Gasteiger partial charge in [0.1, 0.15) is 0 Å². The summed E-state index contributed by atoms with van der Waals surface area (Å²) in [4.78, 5) is 23.3. The van der Waals surface area contributed by atoms with Crippen LogP contribution in [-0.4, -0.2) is 25.2 Å². The molecule has 0 aliphatic carbocycles. The number of esters is 2. The zero-order valence-corrected chi connectivity index (χ0v) is 20.2. The van der Waals surface area contributed by atoms with Gasteiger partial charge in [-0.05, 0) is 25.7 Å². The average Bonchev–Trinajstić information content (AvgIpc) is 2.74. The van der Waals surface area contributed by atoms with Crippen LogP contribution in [0.25, 0.3) is 0 Å². The molecule has 0 aliphatic heterocycles. The molecule has 0 saturated carbocycles. The molecule has 0 spiro atoms. The van der Waals surface area contributed by atoms with Gasteiger partial charge in [-0.15, -0.1) is 0 Å². The van der Waals surface area contributed by atoms with Gasteiger partial charge in [0.05, 0.1) is 13.2 Å². The van der Waals surface area contributed by atoms with Crippen LogP contribution in [0, 0.1) is 0 Å². The minimum atomic E-state index is -0.0502. The molecule has 0 aromatic carbocycles. The molecule has 0 atom stereocenters. The Morgan fingerprint density at radius 2 is 0.733 bits per heavy atom. The minimum absolute atomic E-state index is 0.0420. The normalized spacial score (nSPS) is 10.9. The highest BCUT2D eigenvalue weighted by molar-refractivity contribution is 5.69. The highest BCUT2D eigenvalue weighted by atomic mass is 16.5. The van der Waals surface area contributed by atoms with Crippen molar-refractivity contribution in [1.29, 1.82) is 0 Å². The maximum atomic E-state index is 11.7. The van der Waals surface area contributed by atoms with Gasteiger partial charge in [0.25, 0.3) is 0 Å². The van der Waals surface area contributed by atoms with E-state index in [1.54, 1.807) is 0 Å². The van der Waals surface area contributed by atoms with Gasteiger partial charge in [0.2, 0.25) is 0 Å². The summed E-state index contributed by atoms with van der Waals surface area (Å²) in [7, 11) is 0. The predicted octanol–water partition coefficient (Wildman–Crippen LogP) is 7.91. The lowest BCUT2D eigenvalue weighted by Crippen LogP contribution is -2.06. The first kappa shape index (κ1) is 28.9. The van der Waals surface area contributed by atoms with Gasteiger partial charge in [-0.3, -0.25) is 9.59 Å². The number of rotatable bonds is 23. The minimum Gasteiger partial charge on any atom is -0.466 e. The molecule has 0 bridgehead atoms. The molecule has 0 aromatic rings. The molecule has 0 N–H and O–H groups in total. The highest BCUT2D eigenvalue weighted by Gasteiger charge is 2.04. The summed E-state index contributed by atoms with van der Waals surface area (Å²) in [5.74, 6) is -0.0923. The van der Waals surface area contributed by atoms with Crippen molar-refractivity contribution in [1.82, 2.24) is 0 Å². The molecule has 0 radical (unpaired) electrons. The first-order valence-electron chi connectivity index (χ1n) is 13.0. The van der Waals surface area contributed by atoms with E-state index in [9.17, 15) is 9.59 Å². The second-order valence-electron chi connectivity index (χ2n) is 8.60. The number of ether oxygens (including phenoxy) is 2. The quantitative estimate of drug-likeness (QED) is 0.123. The molecular weight excluding hydrogens is 376 g/mol. The van der Waals surface area contributed by atoms with Crippen molar-refractivity contribution in [2.45, 2.75) is 142 Å². The lowest BCUT2D eigenvalue weighted by molar-refractivity contribution is -0.144. The number of hydrogen-bond donors (Lipinski definition) is 0. The molecule has 0 heterocycles. The Labute approximate surface area is 186 Å². The predicted molar refractivity (Wildman–Crippen MR) is 126 cm³/mol. The van der Waals surface area contributed by atoms with Crippen LogP contribution >= 0.6 is 0 Å². The van der Waals surface area contributed by atoms with E-state index in [0.717, 1.165) is 57.8 Å². The Balaban J connectivity index is 3.25. The number of unbranched alkanes of at least 4 members (excludes halogenated alkanes) is 15. The Hall–Kier alpha value is -1.06. The average molecular weight is 427 g/mol. The molecule has 0 aromatic heterocycles. The summed E-state index contributed by atoms with van der Waals surface area (Å²) in [6.07, 6.45) is 21.9. The topological polar surface area (TPSA) is 52.6 Å². The van der Waals surface area contributed by atoms with Gasteiger partial charge in [0.15, 0.2) is 0 Å². The summed E-state index contributed by atoms with van der Waals surface area (Å²) in [5.41, 5.74) is 0. The molecule has 178 valence electrons. The standard InChI is InChI=1S/C26H50O4/c1-3-5-7-9-10-13-16-20-24-30-26(28)22-18-15-12-11-14-17-21-25(27)29-23-19-8-6-4-2/h3-24H2,1-2H3. The Bertz CT molecular complexity index is 381. The van der Waals surface area contributed by atoms with Gasteiger partial charge in [0, 0.05) is 12.8 Å². The summed E-state index contributed by atoms with van der Waals surface area (Å²) in [6.45, 7) is 5.58. The smallest absolute Gasteiger partial charge is 0.305 e. The van der Waals surface area contributed by atoms with Crippen LogP contribution in [-0.2, 0) is 19.1 Å². The summed E-state index contributed by atoms with van der Waals surface area (Å²) >= 11 is 0. The van der Waals surface area contributed by atoms with E-state index in [4.69, 9.17) is 9.47 Å². The summed E-state index contributed by atoms with van der Waals surface area (Å²) < 4.78 is 10.6. The molecule has 0 saturated heterocycles. The number of hydrogen-bond acceptors (Lipinski definition) is 4. The van der Waals surface area contributed by atoms with E-state index in [1.807, 2.05) is 0 Å². The summed E-state index contributed by atoms with van der Waals surface area (Å²) in [5, 5.41) is 0. The van der Waals surface area contributed by atoms with Crippen LogP contribution in [0.15, 0.2) is 0 Å². The van der Waals surface area contributed by atoms with Crippen molar-refractivity contribution in [3.63, 3.8) is 0 Å². The second kappa shape index (κ2) is 24.2. The van der Waals surface area contributed by atoms with Crippen LogP contribution in [0.5, 0.6) is 0 Å². The van der Waals surface area contributed by atoms with E-state index in [2.05, 4.69) is 13.8 Å². The molecule has 0 unspecified atom stereocenters. The van der Waals surface area contributed by atoms with E-state index in [1.165, 1.54) is 57.8 Å². The molecule has 0 rings (SSSR count). The molecule has 0 amide bonds. The second-order valence-corrected chi connectivity index (χ2v) is 8.60. The van der Waals surface area contributed by atoms with Crippen molar-refractivity contribution in [3.05, 3.63) is 0 Å². The van der Waals surface area contributed by atoms with E-state index >= 15 is 0 Å². The molecular formula is C26H50O4. The molecule has 0 fully saturated rings.